The molecular formula is C19H34IN5O. The maximum Gasteiger partial charge on any atom is 0.191 e. The molecule has 0 radical (unpaired) electrons. The maximum atomic E-state index is 5.05. The Morgan fingerprint density at radius 2 is 1.69 bits per heavy atom. The van der Waals surface area contributed by atoms with Gasteiger partial charge in [0, 0.05) is 73.1 Å². The Balaban J connectivity index is 0.00000338. The standard InChI is InChI=1S/C19H33N5O.HI/c1-20-19(21-9-6-16-25-2)22-10-11-23-12-14-24(15-13-23)17-18-7-4-3-5-8-18;/h3-5,7-8H,6,9-17H2,1-2H3,(H2,20,21,22);1H. The monoisotopic (exact) mass is 475 g/mol. The lowest BCUT2D eigenvalue weighted by atomic mass is 10.2. The molecule has 1 saturated heterocycles. The molecule has 148 valence electrons. The van der Waals surface area contributed by atoms with Crippen LogP contribution in [0.3, 0.4) is 0 Å². The van der Waals surface area contributed by atoms with Crippen molar-refractivity contribution in [1.82, 2.24) is 20.4 Å². The van der Waals surface area contributed by atoms with E-state index >= 15 is 0 Å². The molecule has 2 N–H and O–H groups in total. The molecule has 0 atom stereocenters. The summed E-state index contributed by atoms with van der Waals surface area (Å²) in [5.74, 6) is 0.874. The number of methoxy groups -OCH3 is 1. The molecule has 2 rings (SSSR count). The van der Waals surface area contributed by atoms with Gasteiger partial charge in [0.1, 0.15) is 0 Å². The average molecular weight is 475 g/mol. The first-order valence-electron chi connectivity index (χ1n) is 9.24. The SMILES string of the molecule is CN=C(NCCCOC)NCCN1CCN(Cc2ccccc2)CC1.I. The van der Waals surface area contributed by atoms with Crippen LogP contribution in [0, 0.1) is 0 Å². The smallest absolute Gasteiger partial charge is 0.191 e. The number of hydrogen-bond donors (Lipinski definition) is 2. The molecule has 0 aromatic heterocycles. The summed E-state index contributed by atoms with van der Waals surface area (Å²) in [5.41, 5.74) is 1.40. The third-order valence-corrected chi connectivity index (χ3v) is 4.48. The molecule has 1 aromatic carbocycles. The van der Waals surface area contributed by atoms with Crippen molar-refractivity contribution in [2.45, 2.75) is 13.0 Å². The van der Waals surface area contributed by atoms with Gasteiger partial charge >= 0.3 is 0 Å². The van der Waals surface area contributed by atoms with E-state index in [2.05, 4.69) is 55.8 Å². The molecule has 0 bridgehead atoms. The van der Waals surface area contributed by atoms with Crippen molar-refractivity contribution in [2.75, 3.05) is 66.6 Å². The molecule has 1 fully saturated rings. The molecule has 0 saturated carbocycles. The Labute approximate surface area is 175 Å². The Kier molecular flexibility index (Phi) is 12.6. The van der Waals surface area contributed by atoms with E-state index in [1.807, 2.05) is 7.05 Å². The summed E-state index contributed by atoms with van der Waals surface area (Å²) in [5, 5.41) is 6.70. The number of aliphatic imine (C=N–C) groups is 1. The first-order valence-corrected chi connectivity index (χ1v) is 9.24. The largest absolute Gasteiger partial charge is 0.385 e. The van der Waals surface area contributed by atoms with E-state index in [0.29, 0.717) is 0 Å². The summed E-state index contributed by atoms with van der Waals surface area (Å²) in [6.07, 6.45) is 0.987. The van der Waals surface area contributed by atoms with Crippen LogP contribution in [0.15, 0.2) is 35.3 Å². The van der Waals surface area contributed by atoms with Crippen molar-refractivity contribution in [3.8, 4) is 0 Å². The third kappa shape index (κ3) is 9.16. The van der Waals surface area contributed by atoms with Crippen molar-refractivity contribution < 1.29 is 4.74 Å². The number of nitrogens with one attached hydrogen (secondary N) is 2. The predicted molar refractivity (Wildman–Crippen MR) is 119 cm³/mol. The maximum absolute atomic E-state index is 5.05. The number of halogens is 1. The summed E-state index contributed by atoms with van der Waals surface area (Å²) in [6.45, 7) is 9.23. The van der Waals surface area contributed by atoms with Crippen LogP contribution in [0.25, 0.3) is 0 Å². The summed E-state index contributed by atoms with van der Waals surface area (Å²) in [6, 6.07) is 10.7. The van der Waals surface area contributed by atoms with Crippen molar-refractivity contribution in [3.05, 3.63) is 35.9 Å². The van der Waals surface area contributed by atoms with Gasteiger partial charge in [0.2, 0.25) is 0 Å². The number of benzene rings is 1. The molecule has 1 heterocycles. The summed E-state index contributed by atoms with van der Waals surface area (Å²) in [7, 11) is 3.54. The zero-order valence-corrected chi connectivity index (χ0v) is 18.4. The van der Waals surface area contributed by atoms with Gasteiger partial charge in [-0.15, -0.1) is 24.0 Å². The number of ether oxygens (including phenoxy) is 1. The van der Waals surface area contributed by atoms with Gasteiger partial charge in [-0.25, -0.2) is 0 Å². The van der Waals surface area contributed by atoms with Gasteiger partial charge in [0.25, 0.3) is 0 Å². The lowest BCUT2D eigenvalue weighted by Gasteiger charge is -2.34. The van der Waals surface area contributed by atoms with E-state index < -0.39 is 0 Å². The summed E-state index contributed by atoms with van der Waals surface area (Å²) < 4.78 is 5.05. The van der Waals surface area contributed by atoms with E-state index in [1.54, 1.807) is 7.11 Å². The van der Waals surface area contributed by atoms with Gasteiger partial charge < -0.3 is 15.4 Å². The minimum absolute atomic E-state index is 0. The van der Waals surface area contributed by atoms with Gasteiger partial charge in [-0.05, 0) is 12.0 Å². The van der Waals surface area contributed by atoms with Crippen molar-refractivity contribution in [3.63, 3.8) is 0 Å². The van der Waals surface area contributed by atoms with Crippen LogP contribution in [0.5, 0.6) is 0 Å². The third-order valence-electron chi connectivity index (χ3n) is 4.48. The molecule has 1 aliphatic rings. The van der Waals surface area contributed by atoms with Crippen LogP contribution in [0.1, 0.15) is 12.0 Å². The van der Waals surface area contributed by atoms with Crippen LogP contribution in [0.4, 0.5) is 0 Å². The molecule has 0 amide bonds. The predicted octanol–water partition coefficient (Wildman–Crippen LogP) is 1.62. The fourth-order valence-electron chi connectivity index (χ4n) is 2.99. The second-order valence-corrected chi connectivity index (χ2v) is 6.38. The molecule has 0 unspecified atom stereocenters. The van der Waals surface area contributed by atoms with E-state index in [9.17, 15) is 0 Å². The molecule has 26 heavy (non-hydrogen) atoms. The Bertz CT molecular complexity index is 492. The normalized spacial score (nSPS) is 16.2. The van der Waals surface area contributed by atoms with Crippen LogP contribution in [0.2, 0.25) is 0 Å². The minimum Gasteiger partial charge on any atom is -0.385 e. The van der Waals surface area contributed by atoms with Crippen molar-refractivity contribution in [1.29, 1.82) is 0 Å². The van der Waals surface area contributed by atoms with E-state index in [0.717, 1.165) is 71.3 Å². The average Bonchev–Trinajstić information content (AvgIpc) is 2.66. The van der Waals surface area contributed by atoms with Crippen LogP contribution in [-0.4, -0.2) is 82.3 Å². The second kappa shape index (κ2) is 14.2. The van der Waals surface area contributed by atoms with E-state index in [4.69, 9.17) is 4.74 Å². The minimum atomic E-state index is 0. The number of piperazine rings is 1. The highest BCUT2D eigenvalue weighted by Crippen LogP contribution is 2.07. The van der Waals surface area contributed by atoms with Crippen molar-refractivity contribution >= 4 is 29.9 Å². The Morgan fingerprint density at radius 1 is 1.04 bits per heavy atom. The number of rotatable bonds is 9. The lowest BCUT2D eigenvalue weighted by molar-refractivity contribution is 0.129. The molecule has 1 aliphatic heterocycles. The van der Waals surface area contributed by atoms with Gasteiger partial charge in [0.15, 0.2) is 5.96 Å². The summed E-state index contributed by atoms with van der Waals surface area (Å²) >= 11 is 0. The molecular weight excluding hydrogens is 441 g/mol. The highest BCUT2D eigenvalue weighted by atomic mass is 127. The number of hydrogen-bond acceptors (Lipinski definition) is 4. The fourth-order valence-corrected chi connectivity index (χ4v) is 2.99. The zero-order valence-electron chi connectivity index (χ0n) is 16.1. The molecule has 1 aromatic rings. The molecule has 0 spiro atoms. The zero-order chi connectivity index (χ0) is 17.7. The van der Waals surface area contributed by atoms with E-state index in [-0.39, 0.29) is 24.0 Å². The second-order valence-electron chi connectivity index (χ2n) is 6.38. The highest BCUT2D eigenvalue weighted by molar-refractivity contribution is 14.0. The number of guanidine groups is 1. The van der Waals surface area contributed by atoms with Crippen LogP contribution >= 0.6 is 24.0 Å². The first-order chi connectivity index (χ1) is 12.3. The molecule has 0 aliphatic carbocycles. The topological polar surface area (TPSA) is 52.1 Å². The Morgan fingerprint density at radius 3 is 2.35 bits per heavy atom. The quantitative estimate of drug-likeness (QED) is 0.246. The lowest BCUT2D eigenvalue weighted by Crippen LogP contribution is -2.49. The van der Waals surface area contributed by atoms with Crippen molar-refractivity contribution in [2.24, 2.45) is 4.99 Å². The Hall–Kier alpha value is -0.900. The summed E-state index contributed by atoms with van der Waals surface area (Å²) in [4.78, 5) is 9.31. The highest BCUT2D eigenvalue weighted by Gasteiger charge is 2.16. The van der Waals surface area contributed by atoms with Gasteiger partial charge in [0.05, 0.1) is 0 Å². The van der Waals surface area contributed by atoms with Crippen LogP contribution in [-0.2, 0) is 11.3 Å². The van der Waals surface area contributed by atoms with E-state index in [1.165, 1.54) is 5.56 Å². The van der Waals surface area contributed by atoms with Crippen LogP contribution < -0.4 is 10.6 Å². The fraction of sp³-hybridized carbons (Fsp3) is 0.632. The molecule has 6 nitrogen and oxygen atoms in total. The number of nitrogens with zero attached hydrogens (tertiary/aromatic N) is 3. The first kappa shape index (κ1) is 23.1. The molecule has 7 heteroatoms. The van der Waals surface area contributed by atoms with Gasteiger partial charge in [-0.1, -0.05) is 30.3 Å². The van der Waals surface area contributed by atoms with Gasteiger partial charge in [-0.3, -0.25) is 14.8 Å². The van der Waals surface area contributed by atoms with Gasteiger partial charge in [-0.2, -0.15) is 0 Å².